The number of alkyl halides is 4. The highest BCUT2D eigenvalue weighted by molar-refractivity contribution is 5.37. The molecule has 2 unspecified atom stereocenters. The maximum atomic E-state index is 14.6. The highest BCUT2D eigenvalue weighted by atomic mass is 19.3. The largest absolute Gasteiger partial charge is 0.492 e. The number of halogens is 4. The topological polar surface area (TPSA) is 18.5 Å². The molecule has 2 fully saturated rings. The van der Waals surface area contributed by atoms with E-state index in [1.54, 1.807) is 0 Å². The van der Waals surface area contributed by atoms with Gasteiger partial charge in [0.25, 0.3) is 0 Å². The molecule has 0 amide bonds. The fourth-order valence-electron chi connectivity index (χ4n) is 4.99. The summed E-state index contributed by atoms with van der Waals surface area (Å²) in [5.41, 5.74) is -0.530. The standard InChI is InChI=1S/C23H32F4O2/c1-3-5-6-16-7-9-17(10-8-16)20-13-11-18(15-29-20)19-12-14-21(28-4-2)23(26,27)22(19,24)25/h3,12,14,16-18,20H,1,4-11,13,15H2,2H3. The first kappa shape index (κ1) is 22.4. The van der Waals surface area contributed by atoms with Crippen molar-refractivity contribution < 1.29 is 27.0 Å². The summed E-state index contributed by atoms with van der Waals surface area (Å²) in [7, 11) is 0. The van der Waals surface area contributed by atoms with Gasteiger partial charge >= 0.3 is 11.8 Å². The third-order valence-corrected chi connectivity index (χ3v) is 6.73. The molecule has 2 aliphatic carbocycles. The minimum atomic E-state index is -4.33. The van der Waals surface area contributed by atoms with Gasteiger partial charge in [0.2, 0.25) is 0 Å². The molecule has 0 bridgehead atoms. The lowest BCUT2D eigenvalue weighted by atomic mass is 9.75. The monoisotopic (exact) mass is 416 g/mol. The molecular weight excluding hydrogens is 384 g/mol. The van der Waals surface area contributed by atoms with Crippen LogP contribution in [0.1, 0.15) is 58.3 Å². The van der Waals surface area contributed by atoms with E-state index in [0.717, 1.165) is 37.3 Å². The number of allylic oxidation sites excluding steroid dienone is 4. The molecule has 0 spiro atoms. The second kappa shape index (κ2) is 9.23. The van der Waals surface area contributed by atoms with Crippen LogP contribution in [0.2, 0.25) is 0 Å². The van der Waals surface area contributed by atoms with Crippen molar-refractivity contribution >= 4 is 0 Å². The summed E-state index contributed by atoms with van der Waals surface area (Å²) in [4.78, 5) is 0. The van der Waals surface area contributed by atoms with Crippen molar-refractivity contribution in [3.63, 3.8) is 0 Å². The molecule has 0 aromatic rings. The van der Waals surface area contributed by atoms with E-state index >= 15 is 0 Å². The van der Waals surface area contributed by atoms with Gasteiger partial charge in [-0.3, -0.25) is 0 Å². The van der Waals surface area contributed by atoms with Crippen molar-refractivity contribution in [3.8, 4) is 0 Å². The Balaban J connectivity index is 1.57. The lowest BCUT2D eigenvalue weighted by molar-refractivity contribution is -0.192. The summed E-state index contributed by atoms with van der Waals surface area (Å²) in [6, 6.07) is 0. The molecule has 0 N–H and O–H groups in total. The first-order valence-corrected chi connectivity index (χ1v) is 10.8. The summed E-state index contributed by atoms with van der Waals surface area (Å²) in [6.45, 7) is 5.27. The van der Waals surface area contributed by atoms with Crippen molar-refractivity contribution in [1.29, 1.82) is 0 Å². The molecule has 1 saturated heterocycles. The Morgan fingerprint density at radius 2 is 1.79 bits per heavy atom. The normalized spacial score (nSPS) is 34.1. The molecule has 29 heavy (non-hydrogen) atoms. The third-order valence-electron chi connectivity index (χ3n) is 6.73. The fourth-order valence-corrected chi connectivity index (χ4v) is 4.99. The van der Waals surface area contributed by atoms with Crippen LogP contribution < -0.4 is 0 Å². The van der Waals surface area contributed by atoms with Gasteiger partial charge in [-0.2, -0.15) is 17.6 Å². The number of hydrogen-bond donors (Lipinski definition) is 0. The van der Waals surface area contributed by atoms with E-state index in [4.69, 9.17) is 9.47 Å². The average molecular weight is 416 g/mol. The van der Waals surface area contributed by atoms with Crippen LogP contribution in [0.25, 0.3) is 0 Å². The molecule has 0 aromatic heterocycles. The Hall–Kier alpha value is -1.30. The maximum Gasteiger partial charge on any atom is 0.369 e. The first-order valence-electron chi connectivity index (χ1n) is 10.8. The lowest BCUT2D eigenvalue weighted by Gasteiger charge is -2.41. The Morgan fingerprint density at radius 3 is 2.38 bits per heavy atom. The van der Waals surface area contributed by atoms with E-state index < -0.39 is 29.1 Å². The van der Waals surface area contributed by atoms with Crippen molar-refractivity contribution in [2.45, 2.75) is 76.2 Å². The van der Waals surface area contributed by atoms with Crippen molar-refractivity contribution in [2.75, 3.05) is 13.2 Å². The Bertz CT molecular complexity index is 625. The summed E-state index contributed by atoms with van der Waals surface area (Å²) < 4.78 is 68.5. The molecule has 0 radical (unpaired) electrons. The summed E-state index contributed by atoms with van der Waals surface area (Å²) in [6.07, 6.45) is 12.0. The molecule has 164 valence electrons. The van der Waals surface area contributed by atoms with E-state index in [1.807, 2.05) is 6.08 Å². The van der Waals surface area contributed by atoms with Crippen LogP contribution in [0, 0.1) is 17.8 Å². The maximum absolute atomic E-state index is 14.6. The van der Waals surface area contributed by atoms with Gasteiger partial charge in [0.05, 0.1) is 19.3 Å². The van der Waals surface area contributed by atoms with Crippen LogP contribution in [0.3, 0.4) is 0 Å². The van der Waals surface area contributed by atoms with Crippen molar-refractivity contribution in [3.05, 3.63) is 36.1 Å². The highest BCUT2D eigenvalue weighted by Gasteiger charge is 2.64. The van der Waals surface area contributed by atoms with Crippen LogP contribution in [0.4, 0.5) is 17.6 Å². The molecule has 3 rings (SSSR count). The molecule has 3 aliphatic rings. The highest BCUT2D eigenvalue weighted by Crippen LogP contribution is 2.51. The molecule has 1 aliphatic heterocycles. The molecule has 0 aromatic carbocycles. The van der Waals surface area contributed by atoms with Crippen LogP contribution in [-0.2, 0) is 9.47 Å². The molecule has 2 nitrogen and oxygen atoms in total. The van der Waals surface area contributed by atoms with Crippen molar-refractivity contribution in [2.24, 2.45) is 17.8 Å². The second-order valence-electron chi connectivity index (χ2n) is 8.53. The smallest absolute Gasteiger partial charge is 0.369 e. The minimum Gasteiger partial charge on any atom is -0.492 e. The van der Waals surface area contributed by atoms with Gasteiger partial charge in [-0.25, -0.2) is 0 Å². The van der Waals surface area contributed by atoms with E-state index in [1.165, 1.54) is 26.2 Å². The Kier molecular flexibility index (Phi) is 7.13. The van der Waals surface area contributed by atoms with E-state index in [-0.39, 0.29) is 19.3 Å². The van der Waals surface area contributed by atoms with Gasteiger partial charge < -0.3 is 9.47 Å². The zero-order valence-electron chi connectivity index (χ0n) is 17.1. The van der Waals surface area contributed by atoms with Crippen LogP contribution in [0.15, 0.2) is 36.1 Å². The quantitative estimate of drug-likeness (QED) is 0.340. The SMILES string of the molecule is C=CCCC1CCC(C2CCC(C3=CC=C(OCC)C(F)(F)C3(F)F)CO2)CC1. The van der Waals surface area contributed by atoms with Gasteiger partial charge in [0, 0.05) is 11.5 Å². The molecule has 1 heterocycles. The number of hydrogen-bond acceptors (Lipinski definition) is 2. The van der Waals surface area contributed by atoms with Gasteiger partial charge in [-0.05, 0) is 63.4 Å². The Labute approximate surface area is 171 Å². The van der Waals surface area contributed by atoms with Gasteiger partial charge in [0.15, 0.2) is 5.76 Å². The molecule has 2 atom stereocenters. The van der Waals surface area contributed by atoms with Gasteiger partial charge in [-0.1, -0.05) is 25.0 Å². The van der Waals surface area contributed by atoms with Gasteiger partial charge in [-0.15, -0.1) is 6.58 Å². The van der Waals surface area contributed by atoms with Gasteiger partial charge in [0.1, 0.15) is 0 Å². The zero-order valence-corrected chi connectivity index (χ0v) is 17.1. The Morgan fingerprint density at radius 1 is 1.07 bits per heavy atom. The van der Waals surface area contributed by atoms with E-state index in [2.05, 4.69) is 6.58 Å². The fraction of sp³-hybridized carbons (Fsp3) is 0.739. The summed E-state index contributed by atoms with van der Waals surface area (Å²) in [5.74, 6) is -9.04. The zero-order chi connectivity index (χ0) is 21.1. The minimum absolute atomic E-state index is 0.0551. The van der Waals surface area contributed by atoms with Crippen LogP contribution >= 0.6 is 0 Å². The first-order chi connectivity index (χ1) is 13.8. The number of ether oxygens (including phenoxy) is 2. The average Bonchev–Trinajstić information content (AvgIpc) is 2.71. The molecule has 6 heteroatoms. The van der Waals surface area contributed by atoms with Crippen LogP contribution in [-0.4, -0.2) is 31.2 Å². The second-order valence-corrected chi connectivity index (χ2v) is 8.53. The predicted octanol–water partition coefficient (Wildman–Crippen LogP) is 6.69. The van der Waals surface area contributed by atoms with E-state index in [9.17, 15) is 17.6 Å². The van der Waals surface area contributed by atoms with Crippen LogP contribution in [0.5, 0.6) is 0 Å². The number of rotatable bonds is 7. The predicted molar refractivity (Wildman–Crippen MR) is 105 cm³/mol. The van der Waals surface area contributed by atoms with E-state index in [0.29, 0.717) is 18.8 Å². The summed E-state index contributed by atoms with van der Waals surface area (Å²) >= 11 is 0. The lowest BCUT2D eigenvalue weighted by Crippen LogP contribution is -2.49. The molecule has 1 saturated carbocycles. The summed E-state index contributed by atoms with van der Waals surface area (Å²) in [5, 5.41) is 0. The third kappa shape index (κ3) is 4.57. The van der Waals surface area contributed by atoms with Crippen molar-refractivity contribution in [1.82, 2.24) is 0 Å². The molecular formula is C23H32F4O2.